The lowest BCUT2D eigenvalue weighted by molar-refractivity contribution is -0.116. The fraction of sp³-hybridized carbons (Fsp3) is 0.421. The van der Waals surface area contributed by atoms with Crippen LogP contribution in [0.15, 0.2) is 39.9 Å². The Hall–Kier alpha value is -1.74. The number of hydrogen-bond acceptors (Lipinski definition) is 5. The van der Waals surface area contributed by atoms with Crippen molar-refractivity contribution >= 4 is 33.0 Å². The van der Waals surface area contributed by atoms with Crippen molar-refractivity contribution in [2.75, 3.05) is 25.0 Å². The molecule has 0 radical (unpaired) electrons. The van der Waals surface area contributed by atoms with E-state index in [2.05, 4.69) is 5.32 Å². The number of benzene rings is 1. The highest BCUT2D eigenvalue weighted by Gasteiger charge is 2.31. The Balaban J connectivity index is 1.78. The zero-order chi connectivity index (χ0) is 19.4. The van der Waals surface area contributed by atoms with Crippen molar-refractivity contribution in [2.24, 2.45) is 0 Å². The second kappa shape index (κ2) is 8.52. The van der Waals surface area contributed by atoms with E-state index in [1.165, 1.54) is 4.31 Å². The van der Waals surface area contributed by atoms with Crippen molar-refractivity contribution in [3.05, 3.63) is 46.8 Å². The third-order valence-electron chi connectivity index (χ3n) is 4.72. The van der Waals surface area contributed by atoms with Crippen LogP contribution in [0, 0.1) is 13.8 Å². The maximum atomic E-state index is 13.0. The van der Waals surface area contributed by atoms with Crippen LogP contribution in [-0.2, 0) is 19.6 Å². The maximum absolute atomic E-state index is 13.0. The number of amides is 1. The van der Waals surface area contributed by atoms with Crippen LogP contribution in [0.4, 0.5) is 5.69 Å². The van der Waals surface area contributed by atoms with Gasteiger partial charge >= 0.3 is 0 Å². The number of sulfonamides is 1. The van der Waals surface area contributed by atoms with E-state index in [0.29, 0.717) is 12.3 Å². The molecule has 27 heavy (non-hydrogen) atoms. The lowest BCUT2D eigenvalue weighted by Crippen LogP contribution is -2.42. The number of aryl methyl sites for hydroxylation is 1. The first-order valence-electron chi connectivity index (χ1n) is 8.89. The Bertz CT molecular complexity index is 888. The molecular weight excluding hydrogens is 384 g/mol. The van der Waals surface area contributed by atoms with Crippen LogP contribution >= 0.6 is 11.3 Å². The molecule has 0 saturated carbocycles. The van der Waals surface area contributed by atoms with Crippen molar-refractivity contribution in [3.63, 3.8) is 0 Å². The van der Waals surface area contributed by atoms with Gasteiger partial charge in [0.05, 0.1) is 12.6 Å². The molecule has 3 rings (SSSR count). The molecule has 0 aliphatic carbocycles. The van der Waals surface area contributed by atoms with Crippen molar-refractivity contribution in [3.8, 4) is 0 Å². The lowest BCUT2D eigenvalue weighted by Gasteiger charge is -2.24. The van der Waals surface area contributed by atoms with Gasteiger partial charge in [-0.3, -0.25) is 4.79 Å². The zero-order valence-corrected chi connectivity index (χ0v) is 17.1. The van der Waals surface area contributed by atoms with Gasteiger partial charge in [-0.05, 0) is 55.3 Å². The minimum absolute atomic E-state index is 0.173. The van der Waals surface area contributed by atoms with Gasteiger partial charge in [0.1, 0.15) is 4.21 Å². The Kier molecular flexibility index (Phi) is 6.31. The number of carbonyl (C=O) groups is 1. The summed E-state index contributed by atoms with van der Waals surface area (Å²) in [5.74, 6) is -0.359. The number of carbonyl (C=O) groups excluding carboxylic acids is 1. The second-order valence-electron chi connectivity index (χ2n) is 6.66. The molecule has 1 saturated heterocycles. The SMILES string of the molecule is Cc1cccc(NC(=O)CN(C[C@H]2CCCO2)S(=O)(=O)c2cccs2)c1C. The predicted octanol–water partition coefficient (Wildman–Crippen LogP) is 3.17. The monoisotopic (exact) mass is 408 g/mol. The summed E-state index contributed by atoms with van der Waals surface area (Å²) in [4.78, 5) is 12.6. The van der Waals surface area contributed by atoms with Crippen molar-refractivity contribution in [1.82, 2.24) is 4.31 Å². The van der Waals surface area contributed by atoms with Crippen molar-refractivity contribution in [2.45, 2.75) is 37.0 Å². The number of rotatable bonds is 7. The molecule has 2 heterocycles. The Morgan fingerprint density at radius 2 is 2.11 bits per heavy atom. The summed E-state index contributed by atoms with van der Waals surface area (Å²) in [6.07, 6.45) is 1.54. The Morgan fingerprint density at radius 1 is 1.30 bits per heavy atom. The van der Waals surface area contributed by atoms with Crippen LogP contribution in [0.5, 0.6) is 0 Å². The van der Waals surface area contributed by atoms with Gasteiger partial charge in [-0.25, -0.2) is 8.42 Å². The standard InChI is InChI=1S/C19H24N2O4S2/c1-14-6-3-8-17(15(14)2)20-18(22)13-21(12-16-7-4-10-25-16)27(23,24)19-9-5-11-26-19/h3,5-6,8-9,11,16H,4,7,10,12-13H2,1-2H3,(H,20,22)/t16-/m1/s1. The average molecular weight is 409 g/mol. The fourth-order valence-electron chi connectivity index (χ4n) is 3.04. The molecule has 0 bridgehead atoms. The smallest absolute Gasteiger partial charge is 0.253 e. The molecule has 1 aliphatic heterocycles. The first-order chi connectivity index (χ1) is 12.9. The van der Waals surface area contributed by atoms with Gasteiger partial charge in [-0.15, -0.1) is 11.3 Å². The summed E-state index contributed by atoms with van der Waals surface area (Å²) in [5, 5.41) is 4.56. The van der Waals surface area contributed by atoms with E-state index < -0.39 is 10.0 Å². The van der Waals surface area contributed by atoms with Gasteiger partial charge in [0.2, 0.25) is 5.91 Å². The van der Waals surface area contributed by atoms with Crippen LogP contribution in [-0.4, -0.2) is 44.4 Å². The van der Waals surface area contributed by atoms with Crippen LogP contribution in [0.1, 0.15) is 24.0 Å². The van der Waals surface area contributed by atoms with Gasteiger partial charge in [-0.1, -0.05) is 18.2 Å². The van der Waals surface area contributed by atoms with Crippen LogP contribution in [0.2, 0.25) is 0 Å². The van der Waals surface area contributed by atoms with Crippen molar-refractivity contribution in [1.29, 1.82) is 0 Å². The topological polar surface area (TPSA) is 75.7 Å². The molecule has 6 nitrogen and oxygen atoms in total. The molecule has 8 heteroatoms. The highest BCUT2D eigenvalue weighted by atomic mass is 32.2. The van der Waals surface area contributed by atoms with Gasteiger partial charge in [-0.2, -0.15) is 4.31 Å². The zero-order valence-electron chi connectivity index (χ0n) is 15.5. The number of anilines is 1. The third-order valence-corrected chi connectivity index (χ3v) is 7.90. The number of hydrogen-bond donors (Lipinski definition) is 1. The van der Waals surface area contributed by atoms with E-state index in [0.717, 1.165) is 35.3 Å². The number of ether oxygens (including phenoxy) is 1. The summed E-state index contributed by atoms with van der Waals surface area (Å²) < 4.78 is 33.0. The van der Waals surface area contributed by atoms with E-state index in [1.807, 2.05) is 32.0 Å². The number of nitrogens with zero attached hydrogens (tertiary/aromatic N) is 1. The second-order valence-corrected chi connectivity index (χ2v) is 9.77. The molecule has 1 amide bonds. The summed E-state index contributed by atoms with van der Waals surface area (Å²) in [6.45, 7) is 4.47. The molecule has 1 aliphatic rings. The van der Waals surface area contributed by atoms with Gasteiger partial charge in [0.15, 0.2) is 0 Å². The fourth-order valence-corrected chi connectivity index (χ4v) is 5.61. The molecular formula is C19H24N2O4S2. The molecule has 1 fully saturated rings. The molecule has 1 aromatic carbocycles. The first-order valence-corrected chi connectivity index (χ1v) is 11.2. The molecule has 1 atom stereocenters. The minimum Gasteiger partial charge on any atom is -0.377 e. The normalized spacial score (nSPS) is 17.4. The Morgan fingerprint density at radius 3 is 2.78 bits per heavy atom. The van der Waals surface area contributed by atoms with Gasteiger partial charge < -0.3 is 10.1 Å². The predicted molar refractivity (Wildman–Crippen MR) is 107 cm³/mol. The summed E-state index contributed by atoms with van der Waals surface area (Å²) in [7, 11) is -3.74. The van der Waals surface area contributed by atoms with Crippen LogP contribution < -0.4 is 5.32 Å². The first kappa shape index (κ1) is 20.0. The van der Waals surface area contributed by atoms with Gasteiger partial charge in [0.25, 0.3) is 10.0 Å². The van der Waals surface area contributed by atoms with Gasteiger partial charge in [0, 0.05) is 18.8 Å². The third kappa shape index (κ3) is 4.76. The lowest BCUT2D eigenvalue weighted by atomic mass is 10.1. The molecule has 1 aromatic heterocycles. The average Bonchev–Trinajstić information content (AvgIpc) is 3.32. The summed E-state index contributed by atoms with van der Waals surface area (Å²) >= 11 is 1.15. The Labute approximate surface area is 164 Å². The van der Waals surface area contributed by atoms with Crippen LogP contribution in [0.25, 0.3) is 0 Å². The molecule has 1 N–H and O–H groups in total. The van der Waals surface area contributed by atoms with E-state index >= 15 is 0 Å². The largest absolute Gasteiger partial charge is 0.377 e. The highest BCUT2D eigenvalue weighted by Crippen LogP contribution is 2.24. The quantitative estimate of drug-likeness (QED) is 0.763. The molecule has 0 unspecified atom stereocenters. The highest BCUT2D eigenvalue weighted by molar-refractivity contribution is 7.91. The molecule has 0 spiro atoms. The number of nitrogens with one attached hydrogen (secondary N) is 1. The van der Waals surface area contributed by atoms with E-state index in [4.69, 9.17) is 4.74 Å². The van der Waals surface area contributed by atoms with E-state index in [-0.39, 0.29) is 29.3 Å². The minimum atomic E-state index is -3.74. The molecule has 2 aromatic rings. The van der Waals surface area contributed by atoms with Crippen molar-refractivity contribution < 1.29 is 17.9 Å². The molecule has 146 valence electrons. The van der Waals surface area contributed by atoms with Crippen LogP contribution in [0.3, 0.4) is 0 Å². The summed E-state index contributed by atoms with van der Waals surface area (Å²) in [5.41, 5.74) is 2.73. The maximum Gasteiger partial charge on any atom is 0.253 e. The van der Waals surface area contributed by atoms with E-state index in [1.54, 1.807) is 17.5 Å². The number of thiophene rings is 1. The van der Waals surface area contributed by atoms with E-state index in [9.17, 15) is 13.2 Å². The summed E-state index contributed by atoms with van der Waals surface area (Å²) in [6, 6.07) is 8.90.